The number of unbranched alkanes of at least 4 members (excludes halogenated alkanes) is 1. The summed E-state index contributed by atoms with van der Waals surface area (Å²) in [4.78, 5) is 19.5. The van der Waals surface area contributed by atoms with Gasteiger partial charge >= 0.3 is 0 Å². The second-order valence-electron chi connectivity index (χ2n) is 9.38. The van der Waals surface area contributed by atoms with Crippen molar-refractivity contribution in [3.8, 4) is 11.3 Å². The van der Waals surface area contributed by atoms with Crippen LogP contribution in [0.15, 0.2) is 97.1 Å². The van der Waals surface area contributed by atoms with Crippen molar-refractivity contribution in [3.63, 3.8) is 0 Å². The van der Waals surface area contributed by atoms with E-state index in [1.807, 2.05) is 77.3 Å². The van der Waals surface area contributed by atoms with Gasteiger partial charge in [-0.25, -0.2) is 4.52 Å². The first-order valence-corrected chi connectivity index (χ1v) is 12.6. The first-order valence-electron chi connectivity index (χ1n) is 12.6. The molecule has 0 amide bonds. The highest BCUT2D eigenvalue weighted by molar-refractivity contribution is 5.96. The molecule has 0 aliphatic heterocycles. The van der Waals surface area contributed by atoms with E-state index in [9.17, 15) is 4.79 Å². The van der Waals surface area contributed by atoms with Gasteiger partial charge in [0.25, 0.3) is 0 Å². The van der Waals surface area contributed by atoms with E-state index in [2.05, 4.69) is 58.7 Å². The summed E-state index contributed by atoms with van der Waals surface area (Å²) >= 11 is 0. The van der Waals surface area contributed by atoms with Crippen LogP contribution >= 0.6 is 0 Å². The van der Waals surface area contributed by atoms with Crippen LogP contribution in [-0.2, 0) is 6.42 Å². The maximum Gasteiger partial charge on any atom is 0.247 e. The smallest absolute Gasteiger partial charge is 0.247 e. The van der Waals surface area contributed by atoms with E-state index in [1.54, 1.807) is 0 Å². The summed E-state index contributed by atoms with van der Waals surface area (Å²) < 4.78 is 1.83. The third kappa shape index (κ3) is 5.86. The summed E-state index contributed by atoms with van der Waals surface area (Å²) in [6.45, 7) is 0. The molecule has 0 fully saturated rings. The van der Waals surface area contributed by atoms with Crippen LogP contribution in [0.2, 0.25) is 0 Å². The predicted molar refractivity (Wildman–Crippen MR) is 151 cm³/mol. The first kappa shape index (κ1) is 24.3. The molecular formula is C31H31N5O. The standard InChI is InChI=1S/C31H31N5O/c1-35(2)27-14-8-11-23(22-27)10-6-7-16-29(37)25-20-18-24(19-21-25)28-15-9-17-30-33-31(34-36(28)30)32-26-12-4-3-5-13-26/h3-5,8-9,11-15,17-22H,6-7,10,16H2,1-2H3,(H,32,34). The van der Waals surface area contributed by atoms with Gasteiger partial charge in [-0.05, 0) is 61.2 Å². The molecule has 0 bridgehead atoms. The fourth-order valence-corrected chi connectivity index (χ4v) is 4.40. The summed E-state index contributed by atoms with van der Waals surface area (Å²) in [6.07, 6.45) is 3.41. The molecule has 6 heteroatoms. The van der Waals surface area contributed by atoms with Gasteiger partial charge in [0, 0.05) is 43.0 Å². The molecule has 0 saturated heterocycles. The maximum absolute atomic E-state index is 12.8. The number of aryl methyl sites for hydroxylation is 1. The lowest BCUT2D eigenvalue weighted by Crippen LogP contribution is -2.08. The molecule has 37 heavy (non-hydrogen) atoms. The Kier molecular flexibility index (Phi) is 7.26. The quantitative estimate of drug-likeness (QED) is 0.173. The number of nitrogens with zero attached hydrogens (tertiary/aromatic N) is 4. The van der Waals surface area contributed by atoms with Crippen LogP contribution in [0.5, 0.6) is 0 Å². The third-order valence-corrected chi connectivity index (χ3v) is 6.44. The molecular weight excluding hydrogens is 458 g/mol. The van der Waals surface area contributed by atoms with Crippen LogP contribution in [0.4, 0.5) is 17.3 Å². The van der Waals surface area contributed by atoms with E-state index >= 15 is 0 Å². The predicted octanol–water partition coefficient (Wildman–Crippen LogP) is 6.80. The zero-order chi connectivity index (χ0) is 25.6. The highest BCUT2D eigenvalue weighted by atomic mass is 16.1. The number of pyridine rings is 1. The van der Waals surface area contributed by atoms with Crippen molar-refractivity contribution in [3.05, 3.63) is 108 Å². The number of anilines is 3. The Morgan fingerprint density at radius 3 is 2.43 bits per heavy atom. The SMILES string of the molecule is CN(C)c1cccc(CCCCC(=O)c2ccc(-c3cccc4nc(Nc5ccccc5)nn34)cc2)c1. The van der Waals surface area contributed by atoms with Crippen LogP contribution < -0.4 is 10.2 Å². The molecule has 5 aromatic rings. The zero-order valence-corrected chi connectivity index (χ0v) is 21.3. The van der Waals surface area contributed by atoms with Gasteiger partial charge in [-0.2, -0.15) is 4.98 Å². The Hall–Kier alpha value is -4.45. The van der Waals surface area contributed by atoms with Crippen molar-refractivity contribution in [1.29, 1.82) is 0 Å². The number of rotatable bonds is 10. The van der Waals surface area contributed by atoms with E-state index in [-0.39, 0.29) is 5.78 Å². The van der Waals surface area contributed by atoms with Gasteiger partial charge in [0.15, 0.2) is 11.4 Å². The van der Waals surface area contributed by atoms with Crippen LogP contribution in [0, 0.1) is 0 Å². The third-order valence-electron chi connectivity index (χ3n) is 6.44. The molecule has 0 unspecified atom stereocenters. The number of carbonyl (C=O) groups is 1. The largest absolute Gasteiger partial charge is 0.378 e. The Bertz CT molecular complexity index is 1490. The highest BCUT2D eigenvalue weighted by Gasteiger charge is 2.11. The van der Waals surface area contributed by atoms with Crippen molar-refractivity contribution in [2.45, 2.75) is 25.7 Å². The van der Waals surface area contributed by atoms with Gasteiger partial charge in [-0.1, -0.05) is 60.7 Å². The summed E-state index contributed by atoms with van der Waals surface area (Å²) in [6, 6.07) is 32.2. The van der Waals surface area contributed by atoms with E-state index in [0.717, 1.165) is 47.4 Å². The number of aromatic nitrogens is 3. The van der Waals surface area contributed by atoms with E-state index in [0.29, 0.717) is 12.4 Å². The van der Waals surface area contributed by atoms with Gasteiger partial charge < -0.3 is 10.2 Å². The van der Waals surface area contributed by atoms with Gasteiger partial charge in [0.2, 0.25) is 5.95 Å². The Morgan fingerprint density at radius 1 is 0.865 bits per heavy atom. The molecule has 0 saturated carbocycles. The van der Waals surface area contributed by atoms with Crippen LogP contribution in [0.25, 0.3) is 16.9 Å². The maximum atomic E-state index is 12.8. The summed E-state index contributed by atoms with van der Waals surface area (Å²) in [5.41, 5.74) is 6.86. The minimum absolute atomic E-state index is 0.182. The fourth-order valence-electron chi connectivity index (χ4n) is 4.40. The number of carbonyl (C=O) groups excluding carboxylic acids is 1. The molecule has 2 aromatic heterocycles. The normalized spacial score (nSPS) is 11.0. The first-order chi connectivity index (χ1) is 18.1. The van der Waals surface area contributed by atoms with Gasteiger partial charge in [0.05, 0.1) is 5.69 Å². The lowest BCUT2D eigenvalue weighted by atomic mass is 10.0. The van der Waals surface area contributed by atoms with Crippen LogP contribution in [-0.4, -0.2) is 34.5 Å². The molecule has 3 aromatic carbocycles. The van der Waals surface area contributed by atoms with Gasteiger partial charge in [-0.3, -0.25) is 4.79 Å². The summed E-state index contributed by atoms with van der Waals surface area (Å²) in [7, 11) is 4.10. The molecule has 0 aliphatic rings. The minimum Gasteiger partial charge on any atom is -0.378 e. The molecule has 186 valence electrons. The molecule has 5 rings (SSSR count). The molecule has 0 radical (unpaired) electrons. The van der Waals surface area contributed by atoms with E-state index < -0.39 is 0 Å². The topological polar surface area (TPSA) is 62.5 Å². The average molecular weight is 490 g/mol. The Balaban J connectivity index is 1.21. The van der Waals surface area contributed by atoms with Crippen molar-refractivity contribution in [2.75, 3.05) is 24.3 Å². The zero-order valence-electron chi connectivity index (χ0n) is 21.3. The van der Waals surface area contributed by atoms with Crippen molar-refractivity contribution >= 4 is 28.8 Å². The monoisotopic (exact) mass is 489 g/mol. The van der Waals surface area contributed by atoms with Crippen molar-refractivity contribution in [2.24, 2.45) is 0 Å². The van der Waals surface area contributed by atoms with Crippen molar-refractivity contribution in [1.82, 2.24) is 14.6 Å². The number of hydrogen-bond acceptors (Lipinski definition) is 5. The Morgan fingerprint density at radius 2 is 1.65 bits per heavy atom. The number of benzene rings is 3. The molecule has 1 N–H and O–H groups in total. The number of Topliss-reactive ketones (excluding diaryl/α,β-unsaturated/α-hetero) is 1. The number of fused-ring (bicyclic) bond motifs is 1. The number of nitrogens with one attached hydrogen (secondary N) is 1. The second-order valence-corrected chi connectivity index (χ2v) is 9.38. The lowest BCUT2D eigenvalue weighted by Gasteiger charge is -2.13. The molecule has 0 spiro atoms. The lowest BCUT2D eigenvalue weighted by molar-refractivity contribution is 0.0979. The minimum atomic E-state index is 0.182. The van der Waals surface area contributed by atoms with E-state index in [4.69, 9.17) is 0 Å². The Labute approximate surface area is 217 Å². The fraction of sp³-hybridized carbons (Fsp3) is 0.194. The molecule has 0 atom stereocenters. The highest BCUT2D eigenvalue weighted by Crippen LogP contribution is 2.23. The summed E-state index contributed by atoms with van der Waals surface area (Å²) in [5.74, 6) is 0.723. The van der Waals surface area contributed by atoms with Crippen LogP contribution in [0.3, 0.4) is 0 Å². The van der Waals surface area contributed by atoms with Gasteiger partial charge in [0.1, 0.15) is 0 Å². The van der Waals surface area contributed by atoms with Crippen LogP contribution in [0.1, 0.15) is 35.2 Å². The number of hydrogen-bond donors (Lipinski definition) is 1. The number of para-hydroxylation sites is 1. The number of ketones is 1. The summed E-state index contributed by atoms with van der Waals surface area (Å²) in [5, 5.41) is 7.91. The molecule has 2 heterocycles. The molecule has 6 nitrogen and oxygen atoms in total. The average Bonchev–Trinajstić information content (AvgIpc) is 3.34. The van der Waals surface area contributed by atoms with Gasteiger partial charge in [-0.15, -0.1) is 5.10 Å². The van der Waals surface area contributed by atoms with E-state index in [1.165, 1.54) is 11.3 Å². The second kappa shape index (κ2) is 11.1. The van der Waals surface area contributed by atoms with Crippen molar-refractivity contribution < 1.29 is 4.79 Å². The molecule has 0 aliphatic carbocycles.